The minimum atomic E-state index is -0.292. The van der Waals surface area contributed by atoms with Crippen molar-refractivity contribution in [2.75, 3.05) is 46.8 Å². The summed E-state index contributed by atoms with van der Waals surface area (Å²) in [5.74, 6) is 1.35. The van der Waals surface area contributed by atoms with E-state index in [1.807, 2.05) is 6.07 Å². The lowest BCUT2D eigenvalue weighted by Crippen LogP contribution is -2.41. The molecule has 148 valence electrons. The minimum Gasteiger partial charge on any atom is -0.410 e. The van der Waals surface area contributed by atoms with E-state index in [1.54, 1.807) is 14.1 Å². The molecular weight excluding hydrogens is 338 g/mol. The fourth-order valence-corrected chi connectivity index (χ4v) is 5.17. The van der Waals surface area contributed by atoms with Crippen LogP contribution in [0.25, 0.3) is 0 Å². The van der Waals surface area contributed by atoms with Crippen LogP contribution in [0.2, 0.25) is 0 Å². The van der Waals surface area contributed by atoms with Gasteiger partial charge in [-0.1, -0.05) is 18.6 Å². The van der Waals surface area contributed by atoms with Crippen molar-refractivity contribution in [3.63, 3.8) is 0 Å². The molecular formula is C22H33N3O2. The van der Waals surface area contributed by atoms with Gasteiger partial charge in [0.05, 0.1) is 0 Å². The maximum Gasteiger partial charge on any atom is 0.414 e. The van der Waals surface area contributed by atoms with Crippen LogP contribution < -0.4 is 4.74 Å². The summed E-state index contributed by atoms with van der Waals surface area (Å²) in [6.45, 7) is 6.18. The summed E-state index contributed by atoms with van der Waals surface area (Å²) in [4.78, 5) is 18.9. The molecule has 2 fully saturated rings. The number of carbonyl (C=O) groups is 1. The lowest BCUT2D eigenvalue weighted by atomic mass is 9.79. The van der Waals surface area contributed by atoms with E-state index in [-0.39, 0.29) is 6.09 Å². The number of ether oxygens (including phenoxy) is 1. The van der Waals surface area contributed by atoms with Gasteiger partial charge in [-0.2, -0.15) is 0 Å². The lowest BCUT2D eigenvalue weighted by molar-refractivity contribution is 0.163. The smallest absolute Gasteiger partial charge is 0.410 e. The second-order valence-corrected chi connectivity index (χ2v) is 8.53. The average Bonchev–Trinajstić information content (AvgIpc) is 3.11. The van der Waals surface area contributed by atoms with Crippen molar-refractivity contribution in [3.8, 4) is 5.75 Å². The molecule has 4 rings (SSSR count). The van der Waals surface area contributed by atoms with Crippen LogP contribution in [-0.2, 0) is 6.42 Å². The van der Waals surface area contributed by atoms with E-state index >= 15 is 0 Å². The monoisotopic (exact) mass is 371 g/mol. The van der Waals surface area contributed by atoms with Crippen molar-refractivity contribution in [1.82, 2.24) is 14.7 Å². The molecule has 0 N–H and O–H groups in total. The Hall–Kier alpha value is -1.59. The van der Waals surface area contributed by atoms with E-state index in [0.29, 0.717) is 12.0 Å². The minimum absolute atomic E-state index is 0.292. The van der Waals surface area contributed by atoms with Crippen molar-refractivity contribution >= 4 is 6.09 Å². The molecule has 1 amide bonds. The SMILES string of the molecule is CN(C)C(=O)Oc1cccc2c1CC[C@H]1[C@@H]2CCN1CCN1CCCCC1. The van der Waals surface area contributed by atoms with Gasteiger partial charge < -0.3 is 14.5 Å². The first-order valence-electron chi connectivity index (χ1n) is 10.6. The predicted molar refractivity (Wildman–Crippen MR) is 107 cm³/mol. The standard InChI is InChI=1S/C22H33N3O2/c1-23(2)22(26)27-21-8-6-7-17-18-11-14-25(20(18)10-9-19(17)21)16-15-24-12-4-3-5-13-24/h6-8,18,20H,3-5,9-16H2,1-2H3/t18-,20+/m1/s1. The lowest BCUT2D eigenvalue weighted by Gasteiger charge is -2.35. The second kappa shape index (κ2) is 8.19. The number of rotatable bonds is 4. The first-order chi connectivity index (χ1) is 13.1. The number of hydrogen-bond acceptors (Lipinski definition) is 4. The quantitative estimate of drug-likeness (QED) is 0.813. The van der Waals surface area contributed by atoms with Gasteiger partial charge in [0.15, 0.2) is 0 Å². The topological polar surface area (TPSA) is 36.0 Å². The summed E-state index contributed by atoms with van der Waals surface area (Å²) in [5, 5.41) is 0. The third-order valence-electron chi connectivity index (χ3n) is 6.63. The molecule has 1 aromatic carbocycles. The number of carbonyl (C=O) groups excluding carboxylic acids is 1. The van der Waals surface area contributed by atoms with Gasteiger partial charge in [-0.25, -0.2) is 4.79 Å². The first kappa shape index (κ1) is 18.8. The normalized spacial score (nSPS) is 25.7. The molecule has 5 heteroatoms. The fraction of sp³-hybridized carbons (Fsp3) is 0.682. The van der Waals surface area contributed by atoms with E-state index in [1.165, 1.54) is 80.9 Å². The third kappa shape index (κ3) is 3.99. The van der Waals surface area contributed by atoms with Crippen LogP contribution >= 0.6 is 0 Å². The van der Waals surface area contributed by atoms with E-state index in [9.17, 15) is 4.79 Å². The highest BCUT2D eigenvalue weighted by Crippen LogP contribution is 2.44. The number of likely N-dealkylation sites (tertiary alicyclic amines) is 2. The number of benzene rings is 1. The summed E-state index contributed by atoms with van der Waals surface area (Å²) in [7, 11) is 3.45. The molecule has 0 bridgehead atoms. The van der Waals surface area contributed by atoms with Crippen LogP contribution in [0, 0.1) is 0 Å². The molecule has 27 heavy (non-hydrogen) atoms. The maximum absolute atomic E-state index is 12.0. The Morgan fingerprint density at radius 3 is 2.70 bits per heavy atom. The van der Waals surface area contributed by atoms with Gasteiger partial charge in [-0.05, 0) is 68.9 Å². The van der Waals surface area contributed by atoms with Gasteiger partial charge in [0, 0.05) is 39.1 Å². The highest BCUT2D eigenvalue weighted by atomic mass is 16.6. The zero-order chi connectivity index (χ0) is 18.8. The van der Waals surface area contributed by atoms with Gasteiger partial charge in [-0.3, -0.25) is 4.90 Å². The fourth-order valence-electron chi connectivity index (χ4n) is 5.17. The van der Waals surface area contributed by atoms with Crippen molar-refractivity contribution in [2.24, 2.45) is 0 Å². The van der Waals surface area contributed by atoms with Crippen LogP contribution in [0.5, 0.6) is 5.75 Å². The molecule has 1 aliphatic carbocycles. The van der Waals surface area contributed by atoms with Gasteiger partial charge >= 0.3 is 6.09 Å². The molecule has 0 radical (unpaired) electrons. The van der Waals surface area contributed by atoms with Crippen LogP contribution in [0.3, 0.4) is 0 Å². The molecule has 2 aliphatic heterocycles. The third-order valence-corrected chi connectivity index (χ3v) is 6.63. The number of hydrogen-bond donors (Lipinski definition) is 0. The molecule has 3 aliphatic rings. The molecule has 2 atom stereocenters. The van der Waals surface area contributed by atoms with Crippen LogP contribution in [0.4, 0.5) is 4.79 Å². The number of fused-ring (bicyclic) bond motifs is 3. The zero-order valence-corrected chi connectivity index (χ0v) is 16.8. The molecule has 0 aromatic heterocycles. The maximum atomic E-state index is 12.0. The molecule has 0 unspecified atom stereocenters. The number of piperidine rings is 1. The van der Waals surface area contributed by atoms with E-state index in [2.05, 4.69) is 21.9 Å². The largest absolute Gasteiger partial charge is 0.414 e. The Bertz CT molecular complexity index is 670. The van der Waals surface area contributed by atoms with E-state index < -0.39 is 0 Å². The van der Waals surface area contributed by atoms with Crippen molar-refractivity contribution in [3.05, 3.63) is 29.3 Å². The molecule has 5 nitrogen and oxygen atoms in total. The van der Waals surface area contributed by atoms with Crippen LogP contribution in [0.1, 0.15) is 49.1 Å². The highest BCUT2D eigenvalue weighted by Gasteiger charge is 2.39. The Morgan fingerprint density at radius 1 is 1.11 bits per heavy atom. The van der Waals surface area contributed by atoms with Gasteiger partial charge in [0.2, 0.25) is 0 Å². The summed E-state index contributed by atoms with van der Waals surface area (Å²) < 4.78 is 5.64. The van der Waals surface area contributed by atoms with E-state index in [0.717, 1.165) is 12.2 Å². The first-order valence-corrected chi connectivity index (χ1v) is 10.6. The van der Waals surface area contributed by atoms with Crippen molar-refractivity contribution in [2.45, 2.75) is 50.5 Å². The Kier molecular flexibility index (Phi) is 5.69. The molecule has 2 heterocycles. The second-order valence-electron chi connectivity index (χ2n) is 8.53. The van der Waals surface area contributed by atoms with Gasteiger partial charge in [-0.15, -0.1) is 0 Å². The summed E-state index contributed by atoms with van der Waals surface area (Å²) >= 11 is 0. The zero-order valence-electron chi connectivity index (χ0n) is 16.8. The Labute approximate surface area is 163 Å². The van der Waals surface area contributed by atoms with Crippen molar-refractivity contribution < 1.29 is 9.53 Å². The number of nitrogens with zero attached hydrogens (tertiary/aromatic N) is 3. The summed E-state index contributed by atoms with van der Waals surface area (Å²) in [6, 6.07) is 6.91. The molecule has 2 saturated heterocycles. The van der Waals surface area contributed by atoms with Gasteiger partial charge in [0.1, 0.15) is 5.75 Å². The molecule has 1 aromatic rings. The molecule has 0 spiro atoms. The average molecular weight is 372 g/mol. The van der Waals surface area contributed by atoms with Gasteiger partial charge in [0.25, 0.3) is 0 Å². The number of amides is 1. The summed E-state index contributed by atoms with van der Waals surface area (Å²) in [6.07, 6.45) is 7.26. The highest BCUT2D eigenvalue weighted by molar-refractivity contribution is 5.70. The molecule has 0 saturated carbocycles. The van der Waals surface area contributed by atoms with Crippen molar-refractivity contribution in [1.29, 1.82) is 0 Å². The predicted octanol–water partition coefficient (Wildman–Crippen LogP) is 3.34. The van der Waals surface area contributed by atoms with E-state index in [4.69, 9.17) is 4.74 Å². The summed E-state index contributed by atoms with van der Waals surface area (Å²) in [5.41, 5.74) is 2.67. The Balaban J connectivity index is 1.43. The Morgan fingerprint density at radius 2 is 1.93 bits per heavy atom. The van der Waals surface area contributed by atoms with Crippen LogP contribution in [0.15, 0.2) is 18.2 Å². The van der Waals surface area contributed by atoms with Crippen LogP contribution in [-0.4, -0.2) is 73.7 Å².